The Morgan fingerprint density at radius 1 is 1.00 bits per heavy atom. The molecule has 0 spiro atoms. The van der Waals surface area contributed by atoms with Crippen molar-refractivity contribution in [2.75, 3.05) is 14.2 Å². The van der Waals surface area contributed by atoms with Crippen molar-refractivity contribution < 1.29 is 24.8 Å². The Morgan fingerprint density at radius 2 is 1.71 bits per heavy atom. The van der Waals surface area contributed by atoms with Gasteiger partial charge in [0.2, 0.25) is 0 Å². The first kappa shape index (κ1) is 18.3. The van der Waals surface area contributed by atoms with Gasteiger partial charge >= 0.3 is 0 Å². The van der Waals surface area contributed by atoms with Gasteiger partial charge in [0, 0.05) is 11.1 Å². The third-order valence-electron chi connectivity index (χ3n) is 3.66. The minimum absolute atomic E-state index is 0.0759. The number of halogens is 1. The minimum Gasteiger partial charge on any atom is -0.506 e. The van der Waals surface area contributed by atoms with Crippen molar-refractivity contribution in [2.24, 2.45) is 0 Å². The number of aromatic hydroxyl groups is 1. The second-order valence-electron chi connectivity index (χ2n) is 5.03. The highest BCUT2D eigenvalue weighted by atomic mass is 79.9. The quantitative estimate of drug-likeness (QED) is 0.654. The molecule has 5 nitrogen and oxygen atoms in total. The summed E-state index contributed by atoms with van der Waals surface area (Å²) >= 11 is 3.29. The number of hydrogen-bond acceptors (Lipinski definition) is 5. The first-order chi connectivity index (χ1) is 11.5. The lowest BCUT2D eigenvalue weighted by Crippen LogP contribution is -1.99. The van der Waals surface area contributed by atoms with E-state index < -0.39 is 0 Å². The standard InChI is InChI=1S/C18H19BrO5/c1-23-15-6-5-12(18(22)17(15)19)4-3-11-7-13(9-20)14(10-21)16(8-11)24-2/h3-8,20-22H,9-10H2,1-2H3. The van der Waals surface area contributed by atoms with Crippen molar-refractivity contribution in [2.45, 2.75) is 13.2 Å². The molecule has 0 unspecified atom stereocenters. The van der Waals surface area contributed by atoms with E-state index in [9.17, 15) is 15.3 Å². The summed E-state index contributed by atoms with van der Waals surface area (Å²) in [6.45, 7) is -0.414. The largest absolute Gasteiger partial charge is 0.506 e. The molecule has 6 heteroatoms. The number of hydrogen-bond donors (Lipinski definition) is 3. The molecule has 2 aromatic rings. The van der Waals surface area contributed by atoms with E-state index in [4.69, 9.17) is 9.47 Å². The Morgan fingerprint density at radius 3 is 2.29 bits per heavy atom. The molecule has 0 aromatic heterocycles. The van der Waals surface area contributed by atoms with Crippen LogP contribution in [0.25, 0.3) is 12.2 Å². The molecule has 2 aromatic carbocycles. The predicted molar refractivity (Wildman–Crippen MR) is 96.1 cm³/mol. The number of aliphatic hydroxyl groups is 2. The molecule has 0 bridgehead atoms. The number of phenolic OH excluding ortho intramolecular Hbond substituents is 1. The van der Waals surface area contributed by atoms with Crippen molar-refractivity contribution in [3.8, 4) is 17.2 Å². The Bertz CT molecular complexity index is 730. The summed E-state index contributed by atoms with van der Waals surface area (Å²) in [6.07, 6.45) is 3.53. The molecule has 0 fully saturated rings. The molecule has 0 heterocycles. The highest BCUT2D eigenvalue weighted by Gasteiger charge is 2.11. The summed E-state index contributed by atoms with van der Waals surface area (Å²) in [4.78, 5) is 0. The highest BCUT2D eigenvalue weighted by Crippen LogP contribution is 2.37. The van der Waals surface area contributed by atoms with Crippen molar-refractivity contribution in [1.82, 2.24) is 0 Å². The van der Waals surface area contributed by atoms with Gasteiger partial charge in [-0.15, -0.1) is 0 Å². The second kappa shape index (κ2) is 8.19. The molecule has 128 valence electrons. The number of ether oxygens (including phenoxy) is 2. The first-order valence-corrected chi connectivity index (χ1v) is 8.00. The fourth-order valence-electron chi connectivity index (χ4n) is 2.36. The fourth-order valence-corrected chi connectivity index (χ4v) is 2.89. The molecular formula is C18H19BrO5. The number of benzene rings is 2. The van der Waals surface area contributed by atoms with E-state index in [-0.39, 0.29) is 19.0 Å². The van der Waals surface area contributed by atoms with Gasteiger partial charge in [-0.25, -0.2) is 0 Å². The summed E-state index contributed by atoms with van der Waals surface area (Å²) in [5.74, 6) is 1.12. The monoisotopic (exact) mass is 394 g/mol. The third kappa shape index (κ3) is 3.72. The lowest BCUT2D eigenvalue weighted by molar-refractivity contribution is 0.254. The molecule has 0 atom stereocenters. The number of rotatable bonds is 6. The normalized spacial score (nSPS) is 11.0. The van der Waals surface area contributed by atoms with Gasteiger partial charge in [-0.2, -0.15) is 0 Å². The van der Waals surface area contributed by atoms with Crippen molar-refractivity contribution in [3.63, 3.8) is 0 Å². The van der Waals surface area contributed by atoms with E-state index in [1.165, 1.54) is 14.2 Å². The molecule has 0 saturated carbocycles. The number of phenols is 1. The molecule has 24 heavy (non-hydrogen) atoms. The smallest absolute Gasteiger partial charge is 0.140 e. The van der Waals surface area contributed by atoms with Gasteiger partial charge in [0.05, 0.1) is 27.4 Å². The van der Waals surface area contributed by atoms with Crippen LogP contribution in [0.15, 0.2) is 28.7 Å². The summed E-state index contributed by atoms with van der Waals surface area (Å²) in [7, 11) is 3.04. The van der Waals surface area contributed by atoms with Crippen LogP contribution in [0.2, 0.25) is 0 Å². The second-order valence-corrected chi connectivity index (χ2v) is 5.82. The van der Waals surface area contributed by atoms with E-state index in [1.807, 2.05) is 0 Å². The average Bonchev–Trinajstić information content (AvgIpc) is 2.61. The van der Waals surface area contributed by atoms with Crippen LogP contribution in [-0.2, 0) is 13.2 Å². The third-order valence-corrected chi connectivity index (χ3v) is 4.43. The van der Waals surface area contributed by atoms with E-state index in [0.717, 1.165) is 5.56 Å². The predicted octanol–water partition coefficient (Wildman–Crippen LogP) is 3.33. The molecule has 0 aliphatic rings. The maximum Gasteiger partial charge on any atom is 0.140 e. The van der Waals surface area contributed by atoms with Crippen molar-refractivity contribution in [3.05, 3.63) is 51.0 Å². The van der Waals surface area contributed by atoms with Gasteiger partial charge in [-0.1, -0.05) is 12.2 Å². The van der Waals surface area contributed by atoms with Crippen LogP contribution in [0.5, 0.6) is 17.2 Å². The summed E-state index contributed by atoms with van der Waals surface area (Å²) < 4.78 is 10.9. The molecule has 2 rings (SSSR count). The molecule has 0 aliphatic heterocycles. The maximum absolute atomic E-state index is 10.2. The maximum atomic E-state index is 10.2. The lowest BCUT2D eigenvalue weighted by Gasteiger charge is -2.12. The molecule has 0 amide bonds. The van der Waals surface area contributed by atoms with E-state index in [1.54, 1.807) is 36.4 Å². The minimum atomic E-state index is -0.213. The zero-order valence-electron chi connectivity index (χ0n) is 13.4. The van der Waals surface area contributed by atoms with Crippen LogP contribution in [0.3, 0.4) is 0 Å². The van der Waals surface area contributed by atoms with Gasteiger partial charge in [-0.3, -0.25) is 0 Å². The molecule has 0 saturated heterocycles. The summed E-state index contributed by atoms with van der Waals surface area (Å²) in [5, 5.41) is 29.1. The van der Waals surface area contributed by atoms with Crippen LogP contribution in [-0.4, -0.2) is 29.5 Å². The van der Waals surface area contributed by atoms with E-state index in [0.29, 0.717) is 32.7 Å². The zero-order valence-corrected chi connectivity index (χ0v) is 15.0. The van der Waals surface area contributed by atoms with Crippen LogP contribution < -0.4 is 9.47 Å². The van der Waals surface area contributed by atoms with Crippen molar-refractivity contribution >= 4 is 28.1 Å². The van der Waals surface area contributed by atoms with E-state index in [2.05, 4.69) is 15.9 Å². The van der Waals surface area contributed by atoms with Gasteiger partial charge in [0.15, 0.2) is 0 Å². The number of methoxy groups -OCH3 is 2. The Balaban J connectivity index is 2.41. The molecular weight excluding hydrogens is 376 g/mol. The van der Waals surface area contributed by atoms with Crippen molar-refractivity contribution in [1.29, 1.82) is 0 Å². The summed E-state index contributed by atoms with van der Waals surface area (Å²) in [6, 6.07) is 7.01. The SMILES string of the molecule is COc1ccc(C=Cc2cc(CO)c(CO)c(OC)c2)c(O)c1Br. The van der Waals surface area contributed by atoms with Crippen LogP contribution >= 0.6 is 15.9 Å². The summed E-state index contributed by atoms with van der Waals surface area (Å²) in [5.41, 5.74) is 2.54. The lowest BCUT2D eigenvalue weighted by atomic mass is 10.0. The van der Waals surface area contributed by atoms with Crippen LogP contribution in [0, 0.1) is 0 Å². The van der Waals surface area contributed by atoms with Gasteiger partial charge in [-0.05, 0) is 51.3 Å². The Hall–Kier alpha value is -2.02. The number of aliphatic hydroxyl groups excluding tert-OH is 2. The van der Waals surface area contributed by atoms with Gasteiger partial charge in [0.25, 0.3) is 0 Å². The zero-order chi connectivity index (χ0) is 17.7. The molecule has 0 aliphatic carbocycles. The topological polar surface area (TPSA) is 79.2 Å². The van der Waals surface area contributed by atoms with Gasteiger partial charge in [0.1, 0.15) is 21.7 Å². The first-order valence-electron chi connectivity index (χ1n) is 7.20. The Kier molecular flexibility index (Phi) is 6.25. The highest BCUT2D eigenvalue weighted by molar-refractivity contribution is 9.10. The van der Waals surface area contributed by atoms with Crippen LogP contribution in [0.4, 0.5) is 0 Å². The van der Waals surface area contributed by atoms with E-state index >= 15 is 0 Å². The molecule has 3 N–H and O–H groups in total. The fraction of sp³-hybridized carbons (Fsp3) is 0.222. The molecule has 0 radical (unpaired) electrons. The van der Waals surface area contributed by atoms with Gasteiger partial charge < -0.3 is 24.8 Å². The van der Waals surface area contributed by atoms with Crippen LogP contribution in [0.1, 0.15) is 22.3 Å². The average molecular weight is 395 g/mol. The Labute approximate surface area is 148 Å².